The van der Waals surface area contributed by atoms with Gasteiger partial charge in [-0.3, -0.25) is 14.6 Å². The first-order chi connectivity index (χ1) is 17.0. The minimum atomic E-state index is -0.0597. The fourth-order valence-corrected chi connectivity index (χ4v) is 5.02. The first kappa shape index (κ1) is 25.0. The van der Waals surface area contributed by atoms with E-state index in [0.29, 0.717) is 42.3 Å². The van der Waals surface area contributed by atoms with Gasteiger partial charge in [-0.15, -0.1) is 0 Å². The molecule has 0 spiro atoms. The molecule has 8 heteroatoms. The molecule has 35 heavy (non-hydrogen) atoms. The highest BCUT2D eigenvalue weighted by molar-refractivity contribution is 5.96. The third kappa shape index (κ3) is 5.93. The van der Waals surface area contributed by atoms with Crippen LogP contribution in [-0.4, -0.2) is 80.1 Å². The number of nitrogens with zero attached hydrogens (tertiary/aromatic N) is 3. The summed E-state index contributed by atoms with van der Waals surface area (Å²) in [5.41, 5.74) is 2.98. The molecule has 188 valence electrons. The standard InChI is InChI=1S/C27H36N4O4/c1-19-6-8-22(26(32)28-12-17-30-13-4-5-14-30)25(29-19)20-10-15-31(16-11-20)27(33)21-7-9-23(34-2)24(18-21)35-3/h6-9,18,20H,4-5,10-17H2,1-3H3,(H,28,32). The summed E-state index contributed by atoms with van der Waals surface area (Å²) in [5, 5.41) is 3.09. The van der Waals surface area contributed by atoms with Gasteiger partial charge in [0.05, 0.1) is 25.5 Å². The zero-order valence-corrected chi connectivity index (χ0v) is 21.0. The zero-order valence-electron chi connectivity index (χ0n) is 21.0. The van der Waals surface area contributed by atoms with Crippen molar-refractivity contribution in [3.8, 4) is 11.5 Å². The molecule has 3 heterocycles. The van der Waals surface area contributed by atoms with Crippen LogP contribution in [0.2, 0.25) is 0 Å². The number of carbonyl (C=O) groups excluding carboxylic acids is 2. The Morgan fingerprint density at radius 1 is 1.00 bits per heavy atom. The lowest BCUT2D eigenvalue weighted by Crippen LogP contribution is -2.39. The van der Waals surface area contributed by atoms with Gasteiger partial charge >= 0.3 is 0 Å². The van der Waals surface area contributed by atoms with Crippen molar-refractivity contribution in [2.45, 2.75) is 38.5 Å². The predicted molar refractivity (Wildman–Crippen MR) is 134 cm³/mol. The zero-order chi connectivity index (χ0) is 24.8. The van der Waals surface area contributed by atoms with Crippen molar-refractivity contribution in [3.05, 3.63) is 52.8 Å². The van der Waals surface area contributed by atoms with Crippen molar-refractivity contribution in [1.29, 1.82) is 0 Å². The second kappa shape index (κ2) is 11.5. The van der Waals surface area contributed by atoms with E-state index in [1.54, 1.807) is 32.4 Å². The summed E-state index contributed by atoms with van der Waals surface area (Å²) >= 11 is 0. The number of benzene rings is 1. The van der Waals surface area contributed by atoms with Crippen LogP contribution in [0.4, 0.5) is 0 Å². The second-order valence-electron chi connectivity index (χ2n) is 9.33. The largest absolute Gasteiger partial charge is 0.493 e. The van der Waals surface area contributed by atoms with Crippen LogP contribution in [0.15, 0.2) is 30.3 Å². The van der Waals surface area contributed by atoms with Crippen molar-refractivity contribution >= 4 is 11.8 Å². The third-order valence-electron chi connectivity index (χ3n) is 7.02. The number of aryl methyl sites for hydroxylation is 1. The number of amides is 2. The number of rotatable bonds is 8. The lowest BCUT2D eigenvalue weighted by molar-refractivity contribution is 0.0710. The monoisotopic (exact) mass is 480 g/mol. The Labute approximate surface area is 207 Å². The van der Waals surface area contributed by atoms with E-state index in [4.69, 9.17) is 14.5 Å². The van der Waals surface area contributed by atoms with E-state index in [1.165, 1.54) is 12.8 Å². The maximum absolute atomic E-state index is 13.1. The van der Waals surface area contributed by atoms with Crippen LogP contribution in [0.25, 0.3) is 0 Å². The molecule has 2 aliphatic rings. The van der Waals surface area contributed by atoms with Crippen LogP contribution in [0.1, 0.15) is 63.7 Å². The van der Waals surface area contributed by atoms with Crippen LogP contribution >= 0.6 is 0 Å². The molecule has 0 atom stereocenters. The molecular formula is C27H36N4O4. The smallest absolute Gasteiger partial charge is 0.253 e. The molecule has 0 radical (unpaired) electrons. The number of ether oxygens (including phenoxy) is 2. The maximum Gasteiger partial charge on any atom is 0.253 e. The number of hydrogen-bond donors (Lipinski definition) is 1. The Morgan fingerprint density at radius 2 is 1.71 bits per heavy atom. The average molecular weight is 481 g/mol. The molecule has 2 aromatic rings. The van der Waals surface area contributed by atoms with E-state index in [9.17, 15) is 9.59 Å². The summed E-state index contributed by atoms with van der Waals surface area (Å²) in [7, 11) is 3.14. The first-order valence-electron chi connectivity index (χ1n) is 12.5. The van der Waals surface area contributed by atoms with E-state index in [2.05, 4.69) is 10.2 Å². The molecule has 0 saturated carbocycles. The van der Waals surface area contributed by atoms with Crippen LogP contribution < -0.4 is 14.8 Å². The number of hydrogen-bond acceptors (Lipinski definition) is 6. The number of piperidine rings is 1. The van der Waals surface area contributed by atoms with Crippen LogP contribution in [0, 0.1) is 6.92 Å². The lowest BCUT2D eigenvalue weighted by atomic mass is 9.89. The Hall–Kier alpha value is -3.13. The van der Waals surface area contributed by atoms with Gasteiger partial charge in [-0.1, -0.05) is 0 Å². The molecule has 1 N–H and O–H groups in total. The highest BCUT2D eigenvalue weighted by Crippen LogP contribution is 2.32. The molecule has 8 nitrogen and oxygen atoms in total. The van der Waals surface area contributed by atoms with Gasteiger partial charge in [0.25, 0.3) is 11.8 Å². The Bertz CT molecular complexity index is 1040. The molecule has 2 amide bonds. The molecule has 2 aliphatic heterocycles. The van der Waals surface area contributed by atoms with Crippen molar-refractivity contribution in [3.63, 3.8) is 0 Å². The summed E-state index contributed by atoms with van der Waals surface area (Å²) in [5.74, 6) is 1.19. The Morgan fingerprint density at radius 3 is 2.40 bits per heavy atom. The molecule has 0 aliphatic carbocycles. The van der Waals surface area contributed by atoms with Gasteiger partial charge in [-0.2, -0.15) is 0 Å². The Balaban J connectivity index is 1.39. The number of likely N-dealkylation sites (tertiary alicyclic amines) is 2. The topological polar surface area (TPSA) is 84.0 Å². The van der Waals surface area contributed by atoms with Gasteiger partial charge in [0.1, 0.15) is 0 Å². The van der Waals surface area contributed by atoms with Gasteiger partial charge in [0.2, 0.25) is 0 Å². The highest BCUT2D eigenvalue weighted by Gasteiger charge is 2.29. The quantitative estimate of drug-likeness (QED) is 0.625. The summed E-state index contributed by atoms with van der Waals surface area (Å²) in [6, 6.07) is 9.03. The van der Waals surface area contributed by atoms with Crippen molar-refractivity contribution in [2.24, 2.45) is 0 Å². The minimum Gasteiger partial charge on any atom is -0.493 e. The van der Waals surface area contributed by atoms with Crippen molar-refractivity contribution < 1.29 is 19.1 Å². The predicted octanol–water partition coefficient (Wildman–Crippen LogP) is 3.25. The number of aromatic nitrogens is 1. The maximum atomic E-state index is 13.1. The SMILES string of the molecule is COc1ccc(C(=O)N2CCC(c3nc(C)ccc3C(=O)NCCN3CCCC3)CC2)cc1OC. The van der Waals surface area contributed by atoms with Crippen LogP contribution in [0.5, 0.6) is 11.5 Å². The van der Waals surface area contributed by atoms with Gasteiger partial charge in [0.15, 0.2) is 11.5 Å². The normalized spacial score (nSPS) is 16.8. The molecular weight excluding hydrogens is 444 g/mol. The number of methoxy groups -OCH3 is 2. The number of nitrogens with one attached hydrogen (secondary N) is 1. The van der Waals surface area contributed by atoms with E-state index in [1.807, 2.05) is 24.0 Å². The number of pyridine rings is 1. The minimum absolute atomic E-state index is 0.0264. The first-order valence-corrected chi connectivity index (χ1v) is 12.5. The molecule has 4 rings (SSSR count). The summed E-state index contributed by atoms with van der Waals surface area (Å²) < 4.78 is 10.6. The van der Waals surface area contributed by atoms with E-state index < -0.39 is 0 Å². The van der Waals surface area contributed by atoms with Gasteiger partial charge < -0.3 is 24.6 Å². The third-order valence-corrected chi connectivity index (χ3v) is 7.02. The fourth-order valence-electron chi connectivity index (χ4n) is 5.02. The molecule has 0 bridgehead atoms. The van der Waals surface area contributed by atoms with Crippen LogP contribution in [0.3, 0.4) is 0 Å². The molecule has 2 saturated heterocycles. The Kier molecular flexibility index (Phi) is 8.23. The van der Waals surface area contributed by atoms with Gasteiger partial charge in [-0.25, -0.2) is 0 Å². The summed E-state index contributed by atoms with van der Waals surface area (Å²) in [6.45, 7) is 6.95. The molecule has 1 aromatic carbocycles. The molecule has 1 aromatic heterocycles. The number of carbonyl (C=O) groups is 2. The van der Waals surface area contributed by atoms with Gasteiger partial charge in [-0.05, 0) is 76.0 Å². The fraction of sp³-hybridized carbons (Fsp3) is 0.519. The average Bonchev–Trinajstić information content (AvgIpc) is 3.41. The second-order valence-corrected chi connectivity index (χ2v) is 9.33. The lowest BCUT2D eigenvalue weighted by Gasteiger charge is -2.32. The molecule has 2 fully saturated rings. The summed E-state index contributed by atoms with van der Waals surface area (Å²) in [6.07, 6.45) is 4.02. The highest BCUT2D eigenvalue weighted by atomic mass is 16.5. The van der Waals surface area contributed by atoms with E-state index in [0.717, 1.165) is 43.9 Å². The van der Waals surface area contributed by atoms with Crippen molar-refractivity contribution in [1.82, 2.24) is 20.1 Å². The van der Waals surface area contributed by atoms with Crippen LogP contribution in [-0.2, 0) is 0 Å². The van der Waals surface area contributed by atoms with Crippen molar-refractivity contribution in [2.75, 3.05) is 53.5 Å². The summed E-state index contributed by atoms with van der Waals surface area (Å²) in [4.78, 5) is 35.1. The van der Waals surface area contributed by atoms with E-state index >= 15 is 0 Å². The molecule has 0 unspecified atom stereocenters. The van der Waals surface area contributed by atoms with E-state index in [-0.39, 0.29) is 17.7 Å². The van der Waals surface area contributed by atoms with Gasteiger partial charge in [0, 0.05) is 43.4 Å².